The van der Waals surface area contributed by atoms with Gasteiger partial charge in [0, 0.05) is 50.4 Å². The normalized spacial score (nSPS) is 17.0. The van der Waals surface area contributed by atoms with E-state index < -0.39 is 35.7 Å². The maximum absolute atomic E-state index is 13.3. The van der Waals surface area contributed by atoms with Crippen molar-refractivity contribution >= 4 is 17.7 Å². The second-order valence-electron chi connectivity index (χ2n) is 9.49. The SMILES string of the molecule is CCOC[C@@H](O)c1ccc(C#Cc2ccc(C(=O)N(C)[C@@](C)(C(=O)NC)C(=O)NOC3CCCCO3)cc2)cc1. The van der Waals surface area contributed by atoms with Gasteiger partial charge in [-0.15, -0.1) is 0 Å². The molecule has 1 aliphatic rings. The van der Waals surface area contributed by atoms with Crippen LogP contribution in [0.15, 0.2) is 48.5 Å². The molecule has 0 aliphatic carbocycles. The van der Waals surface area contributed by atoms with E-state index in [-0.39, 0.29) is 12.2 Å². The van der Waals surface area contributed by atoms with Crippen LogP contribution < -0.4 is 10.8 Å². The van der Waals surface area contributed by atoms with Gasteiger partial charge in [-0.05, 0) is 68.7 Å². The fourth-order valence-electron chi connectivity index (χ4n) is 4.03. The number of nitrogens with one attached hydrogen (secondary N) is 2. The van der Waals surface area contributed by atoms with Crippen molar-refractivity contribution in [2.45, 2.75) is 51.0 Å². The Morgan fingerprint density at radius 3 is 2.25 bits per heavy atom. The fourth-order valence-corrected chi connectivity index (χ4v) is 4.03. The molecule has 0 bridgehead atoms. The van der Waals surface area contributed by atoms with Gasteiger partial charge in [-0.1, -0.05) is 24.0 Å². The predicted molar refractivity (Wildman–Crippen MR) is 148 cm³/mol. The van der Waals surface area contributed by atoms with Crippen molar-refractivity contribution in [3.63, 3.8) is 0 Å². The average molecular weight is 552 g/mol. The van der Waals surface area contributed by atoms with E-state index >= 15 is 0 Å². The van der Waals surface area contributed by atoms with E-state index in [0.717, 1.165) is 28.9 Å². The van der Waals surface area contributed by atoms with Crippen LogP contribution >= 0.6 is 0 Å². The van der Waals surface area contributed by atoms with Gasteiger partial charge in [0.05, 0.1) is 6.61 Å². The Kier molecular flexibility index (Phi) is 11.2. The summed E-state index contributed by atoms with van der Waals surface area (Å²) in [6.45, 7) is 4.52. The zero-order chi connectivity index (χ0) is 29.1. The molecule has 40 heavy (non-hydrogen) atoms. The molecule has 3 amide bonds. The number of ether oxygens (including phenoxy) is 2. The Morgan fingerprint density at radius 2 is 1.70 bits per heavy atom. The quantitative estimate of drug-likeness (QED) is 0.235. The molecule has 214 valence electrons. The third-order valence-corrected chi connectivity index (χ3v) is 6.77. The van der Waals surface area contributed by atoms with Crippen LogP contribution in [0.2, 0.25) is 0 Å². The molecule has 2 aromatic rings. The van der Waals surface area contributed by atoms with Gasteiger partial charge in [-0.2, -0.15) is 0 Å². The minimum atomic E-state index is -1.89. The highest BCUT2D eigenvalue weighted by atomic mass is 16.8. The number of carbonyl (C=O) groups is 3. The summed E-state index contributed by atoms with van der Waals surface area (Å²) in [7, 11) is 2.78. The Hall–Kier alpha value is -3.75. The molecule has 10 heteroatoms. The van der Waals surface area contributed by atoms with Crippen LogP contribution in [0.5, 0.6) is 0 Å². The molecule has 0 spiro atoms. The van der Waals surface area contributed by atoms with Gasteiger partial charge in [-0.3, -0.25) is 14.4 Å². The monoisotopic (exact) mass is 551 g/mol. The lowest BCUT2D eigenvalue weighted by molar-refractivity contribution is -0.204. The molecule has 3 N–H and O–H groups in total. The Balaban J connectivity index is 1.68. The first-order valence-electron chi connectivity index (χ1n) is 13.3. The van der Waals surface area contributed by atoms with Crippen molar-refractivity contribution in [3.8, 4) is 11.8 Å². The van der Waals surface area contributed by atoms with E-state index in [1.807, 2.05) is 19.1 Å². The van der Waals surface area contributed by atoms with Crippen LogP contribution in [0.1, 0.15) is 66.3 Å². The lowest BCUT2D eigenvalue weighted by Gasteiger charge is -2.36. The maximum Gasteiger partial charge on any atom is 0.279 e. The number of hydrogen-bond donors (Lipinski definition) is 3. The summed E-state index contributed by atoms with van der Waals surface area (Å²) in [4.78, 5) is 45.6. The second kappa shape index (κ2) is 14.6. The zero-order valence-electron chi connectivity index (χ0n) is 23.4. The van der Waals surface area contributed by atoms with E-state index in [1.54, 1.807) is 36.4 Å². The third kappa shape index (κ3) is 7.67. The van der Waals surface area contributed by atoms with E-state index in [4.69, 9.17) is 14.3 Å². The second-order valence-corrected chi connectivity index (χ2v) is 9.49. The van der Waals surface area contributed by atoms with Crippen molar-refractivity contribution in [1.29, 1.82) is 0 Å². The van der Waals surface area contributed by atoms with Gasteiger partial charge >= 0.3 is 0 Å². The largest absolute Gasteiger partial charge is 0.386 e. The van der Waals surface area contributed by atoms with Gasteiger partial charge in [0.1, 0.15) is 6.10 Å². The van der Waals surface area contributed by atoms with Crippen LogP contribution in [-0.2, 0) is 23.9 Å². The van der Waals surface area contributed by atoms with Crippen LogP contribution in [-0.4, -0.2) is 73.5 Å². The summed E-state index contributed by atoms with van der Waals surface area (Å²) >= 11 is 0. The molecule has 0 aromatic heterocycles. The first kappa shape index (κ1) is 30.8. The van der Waals surface area contributed by atoms with Crippen LogP contribution in [0, 0.1) is 11.8 Å². The number of hydroxylamine groups is 1. The van der Waals surface area contributed by atoms with Gasteiger partial charge in [0.25, 0.3) is 17.7 Å². The smallest absolute Gasteiger partial charge is 0.279 e. The minimum absolute atomic E-state index is 0.234. The highest BCUT2D eigenvalue weighted by Crippen LogP contribution is 2.20. The number of benzene rings is 2. The predicted octanol–water partition coefficient (Wildman–Crippen LogP) is 2.31. The number of rotatable bonds is 10. The maximum atomic E-state index is 13.3. The lowest BCUT2D eigenvalue weighted by Crippen LogP contribution is -2.65. The number of likely N-dealkylation sites (N-methyl/N-ethyl adjacent to an activating group) is 2. The Morgan fingerprint density at radius 1 is 1.07 bits per heavy atom. The molecule has 1 saturated heterocycles. The van der Waals surface area contributed by atoms with Crippen molar-refractivity contribution < 1.29 is 33.8 Å². The summed E-state index contributed by atoms with van der Waals surface area (Å²) < 4.78 is 10.7. The average Bonchev–Trinajstić information content (AvgIpc) is 3.00. The first-order valence-corrected chi connectivity index (χ1v) is 13.3. The molecular formula is C30H37N3O7. The molecule has 10 nitrogen and oxygen atoms in total. The van der Waals surface area contributed by atoms with E-state index in [1.165, 1.54) is 21.0 Å². The van der Waals surface area contributed by atoms with Crippen molar-refractivity contribution in [1.82, 2.24) is 15.7 Å². The molecule has 1 fully saturated rings. The number of carbonyl (C=O) groups excluding carboxylic acids is 3. The van der Waals surface area contributed by atoms with Crippen molar-refractivity contribution in [3.05, 3.63) is 70.8 Å². The molecule has 2 aromatic carbocycles. The first-order chi connectivity index (χ1) is 19.2. The fraction of sp³-hybridized carbons (Fsp3) is 0.433. The number of amides is 3. The van der Waals surface area contributed by atoms with Gasteiger partial charge in [-0.25, -0.2) is 10.3 Å². The standard InChI is InChI=1S/C30H37N3O7/c1-5-38-20-25(34)23-15-11-21(12-16-23)9-10-22-13-17-24(18-14-22)27(35)33(4)30(2,28(36)31-3)29(37)32-40-26-8-6-7-19-39-26/h11-18,25-26,34H,5-8,19-20H2,1-4H3,(H,31,36)(H,32,37)/t25-,26?,30+/m1/s1. The molecule has 1 unspecified atom stereocenters. The van der Waals surface area contributed by atoms with E-state index in [0.29, 0.717) is 25.2 Å². The molecule has 1 heterocycles. The molecule has 0 saturated carbocycles. The number of nitrogens with zero attached hydrogens (tertiary/aromatic N) is 1. The number of hydrogen-bond acceptors (Lipinski definition) is 7. The lowest BCUT2D eigenvalue weighted by atomic mass is 9.96. The van der Waals surface area contributed by atoms with Gasteiger partial charge in [0.2, 0.25) is 0 Å². The van der Waals surface area contributed by atoms with Gasteiger partial charge < -0.3 is 24.8 Å². The summed E-state index contributed by atoms with van der Waals surface area (Å²) in [5, 5.41) is 12.6. The highest BCUT2D eigenvalue weighted by Gasteiger charge is 2.47. The van der Waals surface area contributed by atoms with Crippen molar-refractivity contribution in [2.75, 3.05) is 33.9 Å². The molecule has 3 rings (SSSR count). The third-order valence-electron chi connectivity index (χ3n) is 6.77. The zero-order valence-corrected chi connectivity index (χ0v) is 23.4. The Labute approximate surface area is 234 Å². The number of aliphatic hydroxyl groups is 1. The summed E-state index contributed by atoms with van der Waals surface area (Å²) in [5.74, 6) is 4.10. The van der Waals surface area contributed by atoms with Crippen molar-refractivity contribution in [2.24, 2.45) is 0 Å². The molecule has 3 atom stereocenters. The molecular weight excluding hydrogens is 514 g/mol. The number of aliphatic hydroxyl groups excluding tert-OH is 1. The summed E-state index contributed by atoms with van der Waals surface area (Å²) in [5.41, 5.74) is 2.87. The summed E-state index contributed by atoms with van der Waals surface area (Å²) in [6.07, 6.45) is 1.13. The Bertz CT molecular complexity index is 1210. The topological polar surface area (TPSA) is 126 Å². The molecule has 0 radical (unpaired) electrons. The highest BCUT2D eigenvalue weighted by molar-refractivity contribution is 6.12. The van der Waals surface area contributed by atoms with Gasteiger partial charge in [0.15, 0.2) is 11.8 Å². The van der Waals surface area contributed by atoms with Crippen LogP contribution in [0.3, 0.4) is 0 Å². The van der Waals surface area contributed by atoms with E-state index in [9.17, 15) is 19.5 Å². The van der Waals surface area contributed by atoms with Crippen LogP contribution in [0.4, 0.5) is 0 Å². The van der Waals surface area contributed by atoms with E-state index in [2.05, 4.69) is 22.6 Å². The molecule has 1 aliphatic heterocycles. The van der Waals surface area contributed by atoms with Crippen LogP contribution in [0.25, 0.3) is 0 Å². The summed E-state index contributed by atoms with van der Waals surface area (Å²) in [6, 6.07) is 13.8. The minimum Gasteiger partial charge on any atom is -0.386 e.